The highest BCUT2D eigenvalue weighted by Gasteiger charge is 2.34. The lowest BCUT2D eigenvalue weighted by molar-refractivity contribution is -0.138. The van der Waals surface area contributed by atoms with Gasteiger partial charge >= 0.3 is 24.3 Å². The molecule has 2 fully saturated rings. The van der Waals surface area contributed by atoms with Crippen molar-refractivity contribution < 1.29 is 73.6 Å². The number of carbonyl (C=O) groups is 4. The standard InChI is InChI=1S/C32H28F4N2O4.C31H26F4N2O4/c1-20-6-12-28(27-17-23(32(34,35)36)9-13-29(27)42-19-21-7-10-24(33)11-8-21)38(20)26-16-22(31(40)41-2)15-25(18-26)37-14-4-3-5-30(37)39;1-19-5-11-27(37(19)25-15-21(30(39)40)14-24(17-25)36-13-3-2-4-29(36)38)26-16-22(31(33,34)35)8-12-28(26)41-18-20-6-9-23(32)10-7-20/h6-13,15-18H,3-5,14,19H2,1-2H3;5-12,14-17H,2-4,13,18H2,1H3,(H,39,40). The summed E-state index contributed by atoms with van der Waals surface area (Å²) in [6.07, 6.45) is -5.41. The van der Waals surface area contributed by atoms with Crippen LogP contribution < -0.4 is 19.3 Å². The van der Waals surface area contributed by atoms with Crippen molar-refractivity contribution >= 4 is 35.1 Å². The second-order valence-corrected chi connectivity index (χ2v) is 19.9. The molecule has 0 bridgehead atoms. The summed E-state index contributed by atoms with van der Waals surface area (Å²) in [6.45, 7) is 4.43. The van der Waals surface area contributed by atoms with Crippen LogP contribution >= 0.6 is 0 Å². The van der Waals surface area contributed by atoms with Gasteiger partial charge in [-0.3, -0.25) is 9.59 Å². The quantitative estimate of drug-likeness (QED) is 0.0841. The Balaban J connectivity index is 0.000000200. The Kier molecular flexibility index (Phi) is 17.2. The van der Waals surface area contributed by atoms with Gasteiger partial charge in [-0.1, -0.05) is 24.3 Å². The van der Waals surface area contributed by atoms with Crippen molar-refractivity contribution in [1.82, 2.24) is 9.13 Å². The molecular formula is C63H54F8N4O8. The smallest absolute Gasteiger partial charge is 0.416 e. The number of benzene rings is 6. The van der Waals surface area contributed by atoms with Crippen molar-refractivity contribution in [2.24, 2.45) is 0 Å². The zero-order valence-corrected chi connectivity index (χ0v) is 45.0. The van der Waals surface area contributed by atoms with Gasteiger partial charge in [-0.05, 0) is 172 Å². The lowest BCUT2D eigenvalue weighted by Crippen LogP contribution is -2.35. The van der Waals surface area contributed by atoms with Gasteiger partial charge in [-0.25, -0.2) is 18.4 Å². The van der Waals surface area contributed by atoms with Crippen molar-refractivity contribution in [2.75, 3.05) is 30.0 Å². The molecule has 2 aromatic heterocycles. The first-order valence-corrected chi connectivity index (χ1v) is 26.3. The Bertz CT molecular complexity index is 3720. The van der Waals surface area contributed by atoms with E-state index in [-0.39, 0.29) is 58.8 Å². The van der Waals surface area contributed by atoms with Gasteiger partial charge in [0.05, 0.1) is 40.8 Å². The molecule has 0 saturated carbocycles. The topological polar surface area (TPSA) is 133 Å². The second kappa shape index (κ2) is 24.5. The van der Waals surface area contributed by atoms with E-state index in [4.69, 9.17) is 14.2 Å². The maximum Gasteiger partial charge on any atom is 0.416 e. The van der Waals surface area contributed by atoms with Crippen molar-refractivity contribution in [3.8, 4) is 45.4 Å². The molecule has 0 aliphatic carbocycles. The van der Waals surface area contributed by atoms with Gasteiger partial charge in [0.2, 0.25) is 11.8 Å². The van der Waals surface area contributed by atoms with Crippen LogP contribution in [0.3, 0.4) is 0 Å². The molecule has 0 unspecified atom stereocenters. The summed E-state index contributed by atoms with van der Waals surface area (Å²) in [5, 5.41) is 9.84. The van der Waals surface area contributed by atoms with Gasteiger partial charge < -0.3 is 38.3 Å². The molecule has 12 nitrogen and oxygen atoms in total. The highest BCUT2D eigenvalue weighted by molar-refractivity contribution is 5.98. The molecule has 8 aromatic rings. The fourth-order valence-corrected chi connectivity index (χ4v) is 10.0. The minimum atomic E-state index is -4.62. The number of ether oxygens (including phenoxy) is 3. The Labute approximate surface area is 471 Å². The maximum absolute atomic E-state index is 13.8. The average molecular weight is 1150 g/mol. The van der Waals surface area contributed by atoms with E-state index in [1.54, 1.807) is 81.3 Å². The largest absolute Gasteiger partial charge is 0.488 e. The lowest BCUT2D eigenvalue weighted by Gasteiger charge is -2.28. The van der Waals surface area contributed by atoms with Gasteiger partial charge in [-0.2, -0.15) is 26.3 Å². The summed E-state index contributed by atoms with van der Waals surface area (Å²) < 4.78 is 130. The molecule has 10 rings (SSSR count). The van der Waals surface area contributed by atoms with E-state index in [2.05, 4.69) is 0 Å². The number of aromatic carboxylic acids is 1. The molecule has 2 amide bonds. The van der Waals surface area contributed by atoms with E-state index in [0.717, 1.165) is 49.9 Å². The van der Waals surface area contributed by atoms with Crippen molar-refractivity contribution in [3.63, 3.8) is 0 Å². The van der Waals surface area contributed by atoms with E-state index < -0.39 is 47.1 Å². The van der Waals surface area contributed by atoms with Crippen LogP contribution in [0.1, 0.15) is 92.9 Å². The Morgan fingerprint density at radius 3 is 1.29 bits per heavy atom. The van der Waals surface area contributed by atoms with Gasteiger partial charge in [0.25, 0.3) is 0 Å². The third kappa shape index (κ3) is 13.4. The van der Waals surface area contributed by atoms with E-state index in [0.29, 0.717) is 82.6 Å². The number of aromatic nitrogens is 2. The number of esters is 1. The van der Waals surface area contributed by atoms with Gasteiger partial charge in [0.15, 0.2) is 0 Å². The highest BCUT2D eigenvalue weighted by atomic mass is 19.4. The zero-order chi connectivity index (χ0) is 59.3. The summed E-state index contributed by atoms with van der Waals surface area (Å²) in [5.74, 6) is -2.52. The Morgan fingerprint density at radius 1 is 0.506 bits per heavy atom. The van der Waals surface area contributed by atoms with Crippen molar-refractivity contribution in [2.45, 2.75) is 77.9 Å². The van der Waals surface area contributed by atoms with Crippen LogP contribution in [0.5, 0.6) is 11.5 Å². The molecule has 0 atom stereocenters. The molecule has 0 radical (unpaired) electrons. The Hall–Kier alpha value is -9.20. The molecule has 2 aliphatic rings. The molecule has 0 spiro atoms. The fraction of sp³-hybridized carbons (Fsp3) is 0.238. The number of nitrogens with zero attached hydrogens (tertiary/aromatic N) is 4. The monoisotopic (exact) mass is 1150 g/mol. The van der Waals surface area contributed by atoms with Gasteiger partial charge in [-0.15, -0.1) is 0 Å². The summed E-state index contributed by atoms with van der Waals surface area (Å²) in [7, 11) is 1.25. The Morgan fingerprint density at radius 2 is 0.904 bits per heavy atom. The van der Waals surface area contributed by atoms with Crippen LogP contribution in [0.15, 0.2) is 146 Å². The average Bonchev–Trinajstić information content (AvgIpc) is 4.28. The molecular weight excluding hydrogens is 1090 g/mol. The third-order valence-electron chi connectivity index (χ3n) is 14.2. The lowest BCUT2D eigenvalue weighted by atomic mass is 10.0. The number of amides is 2. The normalized spacial score (nSPS) is 13.8. The first-order valence-electron chi connectivity index (χ1n) is 26.3. The molecule has 20 heteroatoms. The summed E-state index contributed by atoms with van der Waals surface area (Å²) in [4.78, 5) is 53.2. The number of methoxy groups -OCH3 is 1. The second-order valence-electron chi connectivity index (χ2n) is 19.9. The fourth-order valence-electron chi connectivity index (χ4n) is 10.0. The molecule has 430 valence electrons. The molecule has 2 saturated heterocycles. The van der Waals surface area contributed by atoms with E-state index >= 15 is 0 Å². The maximum atomic E-state index is 13.8. The van der Waals surface area contributed by atoms with Crippen LogP contribution in [0.4, 0.5) is 46.5 Å². The van der Waals surface area contributed by atoms with Crippen LogP contribution in [-0.2, 0) is 39.9 Å². The molecule has 1 N–H and O–H groups in total. The summed E-state index contributed by atoms with van der Waals surface area (Å²) in [5.41, 5.74) is 3.68. The highest BCUT2D eigenvalue weighted by Crippen LogP contribution is 2.42. The van der Waals surface area contributed by atoms with Crippen LogP contribution in [0.2, 0.25) is 0 Å². The number of hydrogen-bond acceptors (Lipinski definition) is 7. The summed E-state index contributed by atoms with van der Waals surface area (Å²) >= 11 is 0. The first kappa shape index (κ1) is 58.5. The number of carboxylic acids is 1. The minimum Gasteiger partial charge on any atom is -0.488 e. The van der Waals surface area contributed by atoms with E-state index in [1.807, 2.05) is 0 Å². The summed E-state index contributed by atoms with van der Waals surface area (Å²) in [6, 6.07) is 33.7. The predicted molar refractivity (Wildman–Crippen MR) is 294 cm³/mol. The van der Waals surface area contributed by atoms with Crippen LogP contribution in [-0.4, -0.2) is 58.2 Å². The third-order valence-corrected chi connectivity index (χ3v) is 14.2. The van der Waals surface area contributed by atoms with Crippen LogP contribution in [0.25, 0.3) is 33.9 Å². The number of anilines is 2. The number of hydrogen-bond donors (Lipinski definition) is 1. The van der Waals surface area contributed by atoms with E-state index in [9.17, 15) is 59.4 Å². The molecule has 83 heavy (non-hydrogen) atoms. The van der Waals surface area contributed by atoms with E-state index in [1.165, 1.54) is 79.9 Å². The number of carbonyl (C=O) groups excluding carboxylic acids is 3. The van der Waals surface area contributed by atoms with Crippen LogP contribution in [0, 0.1) is 25.5 Å². The number of alkyl halides is 6. The molecule has 6 aromatic carbocycles. The van der Waals surface area contributed by atoms with Gasteiger partial charge in [0.1, 0.15) is 36.3 Å². The first-order chi connectivity index (χ1) is 39.6. The minimum absolute atomic E-state index is 0.00260. The zero-order valence-electron chi connectivity index (χ0n) is 45.0. The predicted octanol–water partition coefficient (Wildman–Crippen LogP) is 14.9. The number of carboxylic acid groups (broad SMARTS) is 1. The number of piperidine rings is 2. The number of halogens is 8. The molecule has 4 heterocycles. The SMILES string of the molecule is COC(=O)c1cc(N2CCCCC2=O)cc(-n2c(C)ccc2-c2cc(C(F)(F)F)ccc2OCc2ccc(F)cc2)c1.Cc1ccc(-c2cc(C(F)(F)F)ccc2OCc2ccc(F)cc2)n1-c1cc(C(=O)O)cc(N2CCCCC2=O)c1. The molecule has 2 aliphatic heterocycles. The van der Waals surface area contributed by atoms with Gasteiger partial charge in [0, 0.05) is 71.2 Å². The number of rotatable bonds is 14. The number of aryl methyl sites for hydroxylation is 2. The van der Waals surface area contributed by atoms with Crippen molar-refractivity contribution in [1.29, 1.82) is 0 Å². The van der Waals surface area contributed by atoms with Crippen molar-refractivity contribution in [3.05, 3.63) is 202 Å².